The number of anilines is 3. The summed E-state index contributed by atoms with van der Waals surface area (Å²) in [6.45, 7) is 2.26. The Labute approximate surface area is 201 Å². The Balaban J connectivity index is 1.72. The lowest BCUT2D eigenvalue weighted by atomic mass is 9.99. The molecule has 1 aliphatic rings. The summed E-state index contributed by atoms with van der Waals surface area (Å²) in [5, 5.41) is 8.06. The number of aryl methyl sites for hydroxylation is 1. The molecule has 0 amide bonds. The van der Waals surface area contributed by atoms with E-state index < -0.39 is 17.4 Å². The predicted octanol–water partition coefficient (Wildman–Crippen LogP) is 4.03. The van der Waals surface area contributed by atoms with E-state index in [1.54, 1.807) is 6.07 Å². The van der Waals surface area contributed by atoms with Gasteiger partial charge in [0.15, 0.2) is 11.6 Å². The van der Waals surface area contributed by atoms with Gasteiger partial charge in [-0.05, 0) is 30.7 Å². The number of pyridine rings is 1. The predicted molar refractivity (Wildman–Crippen MR) is 125 cm³/mol. The maximum atomic E-state index is 14.0. The first-order valence-electron chi connectivity index (χ1n) is 10.4. The minimum atomic E-state index is -4.68. The van der Waals surface area contributed by atoms with Gasteiger partial charge in [0.2, 0.25) is 0 Å². The number of ether oxygens (including phenoxy) is 1. The van der Waals surface area contributed by atoms with Crippen molar-refractivity contribution in [1.82, 2.24) is 25.1 Å². The maximum absolute atomic E-state index is 14.0. The van der Waals surface area contributed by atoms with Crippen LogP contribution in [0.3, 0.4) is 0 Å². The van der Waals surface area contributed by atoms with Crippen LogP contribution in [0.15, 0.2) is 30.7 Å². The van der Waals surface area contributed by atoms with Gasteiger partial charge in [0.1, 0.15) is 24.6 Å². The van der Waals surface area contributed by atoms with Crippen molar-refractivity contribution in [3.05, 3.63) is 52.4 Å². The number of nitrogens with zero attached hydrogens (tertiary/aromatic N) is 6. The standard InChI is InChI=1S/C22H18ClF3N8O/c1-10-6-14(27)32-18(16(10)22(24,25)26)12-7-13-15-19(17(12)23)35-5-4-34(21(15)30-9-29-13)8-11-2-3-31-33-20(11)28/h2-3,6-7,9H,4-5,8H2,1H3,(H2,27,32)(H2,28,33). The van der Waals surface area contributed by atoms with Crippen molar-refractivity contribution in [3.63, 3.8) is 0 Å². The number of benzene rings is 1. The van der Waals surface area contributed by atoms with E-state index in [9.17, 15) is 13.2 Å². The van der Waals surface area contributed by atoms with E-state index in [0.717, 1.165) is 5.56 Å². The summed E-state index contributed by atoms with van der Waals surface area (Å²) in [5.41, 5.74) is 11.5. The van der Waals surface area contributed by atoms with Crippen LogP contribution in [0, 0.1) is 6.92 Å². The number of rotatable bonds is 3. The molecule has 0 bridgehead atoms. The molecule has 9 nitrogen and oxygen atoms in total. The number of halogens is 4. The highest BCUT2D eigenvalue weighted by Crippen LogP contribution is 2.48. The molecule has 0 radical (unpaired) electrons. The lowest BCUT2D eigenvalue weighted by molar-refractivity contribution is -0.137. The Morgan fingerprint density at radius 3 is 2.74 bits per heavy atom. The van der Waals surface area contributed by atoms with Gasteiger partial charge in [0.25, 0.3) is 0 Å². The number of nitrogens with two attached hydrogens (primary N) is 2. The van der Waals surface area contributed by atoms with Crippen molar-refractivity contribution in [2.24, 2.45) is 0 Å². The van der Waals surface area contributed by atoms with Gasteiger partial charge in [0, 0.05) is 17.7 Å². The van der Waals surface area contributed by atoms with E-state index in [-0.39, 0.29) is 40.1 Å². The Bertz CT molecular complexity index is 1460. The molecule has 1 aromatic carbocycles. The molecule has 0 atom stereocenters. The lowest BCUT2D eigenvalue weighted by Gasteiger charge is -2.22. The summed E-state index contributed by atoms with van der Waals surface area (Å²) in [7, 11) is 0. The molecule has 0 spiro atoms. The summed E-state index contributed by atoms with van der Waals surface area (Å²) in [6, 6.07) is 4.36. The fraction of sp³-hybridized carbons (Fsp3) is 0.227. The summed E-state index contributed by atoms with van der Waals surface area (Å²) in [5.74, 6) is 0.888. The van der Waals surface area contributed by atoms with Gasteiger partial charge >= 0.3 is 6.18 Å². The molecule has 4 heterocycles. The second kappa shape index (κ2) is 8.38. The largest absolute Gasteiger partial charge is 0.489 e. The Morgan fingerprint density at radius 2 is 2.00 bits per heavy atom. The molecule has 0 saturated carbocycles. The summed E-state index contributed by atoms with van der Waals surface area (Å²) >= 11 is 6.68. The summed E-state index contributed by atoms with van der Waals surface area (Å²) in [4.78, 5) is 14.6. The molecule has 0 saturated heterocycles. The van der Waals surface area contributed by atoms with E-state index in [4.69, 9.17) is 27.8 Å². The van der Waals surface area contributed by atoms with Crippen LogP contribution in [-0.2, 0) is 12.7 Å². The molecule has 0 unspecified atom stereocenters. The molecule has 13 heteroatoms. The van der Waals surface area contributed by atoms with E-state index in [2.05, 4.69) is 25.1 Å². The number of aromatic nitrogens is 5. The first-order valence-corrected chi connectivity index (χ1v) is 10.8. The summed E-state index contributed by atoms with van der Waals surface area (Å²) < 4.78 is 47.9. The molecular weight excluding hydrogens is 485 g/mol. The highest BCUT2D eigenvalue weighted by Gasteiger charge is 2.38. The maximum Gasteiger partial charge on any atom is 0.418 e. The van der Waals surface area contributed by atoms with Gasteiger partial charge in [-0.3, -0.25) is 0 Å². The minimum absolute atomic E-state index is 0.0116. The van der Waals surface area contributed by atoms with Crippen LogP contribution in [0.1, 0.15) is 16.7 Å². The molecule has 4 N–H and O–H groups in total. The van der Waals surface area contributed by atoms with Crippen LogP contribution >= 0.6 is 11.6 Å². The molecule has 1 aliphatic heterocycles. The van der Waals surface area contributed by atoms with Gasteiger partial charge in [0.05, 0.1) is 39.9 Å². The average molecular weight is 503 g/mol. The first-order chi connectivity index (χ1) is 16.6. The minimum Gasteiger partial charge on any atom is -0.489 e. The fourth-order valence-corrected chi connectivity index (χ4v) is 4.47. The zero-order valence-corrected chi connectivity index (χ0v) is 19.0. The molecule has 5 rings (SSSR count). The van der Waals surface area contributed by atoms with E-state index in [1.807, 2.05) is 4.90 Å². The van der Waals surface area contributed by atoms with Gasteiger partial charge in [-0.2, -0.15) is 18.3 Å². The van der Waals surface area contributed by atoms with Crippen LogP contribution in [0.2, 0.25) is 5.02 Å². The highest BCUT2D eigenvalue weighted by molar-refractivity contribution is 6.36. The van der Waals surface area contributed by atoms with Crippen LogP contribution < -0.4 is 21.1 Å². The Kier molecular flexibility index (Phi) is 5.47. The molecule has 0 aliphatic carbocycles. The van der Waals surface area contributed by atoms with Crippen LogP contribution in [-0.4, -0.2) is 38.3 Å². The Hall–Kier alpha value is -3.93. The van der Waals surface area contributed by atoms with Crippen LogP contribution in [0.25, 0.3) is 22.2 Å². The van der Waals surface area contributed by atoms with Crippen molar-refractivity contribution >= 4 is 40.0 Å². The molecule has 35 heavy (non-hydrogen) atoms. The summed E-state index contributed by atoms with van der Waals surface area (Å²) in [6.07, 6.45) is -1.82. The van der Waals surface area contributed by atoms with Gasteiger partial charge in [-0.25, -0.2) is 15.0 Å². The topological polar surface area (TPSA) is 129 Å². The lowest BCUT2D eigenvalue weighted by Crippen LogP contribution is -2.28. The third-order valence-electron chi connectivity index (χ3n) is 5.68. The molecule has 0 fully saturated rings. The SMILES string of the molecule is Cc1cc(N)nc(-c2cc3ncnc4c3c(c2Cl)OCCN4Cc2ccnnc2N)c1C(F)(F)F. The molecular formula is C22H18ClF3N8O. The van der Waals surface area contributed by atoms with Gasteiger partial charge < -0.3 is 21.1 Å². The van der Waals surface area contributed by atoms with Crippen LogP contribution in [0.4, 0.5) is 30.6 Å². The van der Waals surface area contributed by atoms with Crippen LogP contribution in [0.5, 0.6) is 5.75 Å². The van der Waals surface area contributed by atoms with Gasteiger partial charge in [-0.1, -0.05) is 11.6 Å². The molecule has 3 aromatic heterocycles. The van der Waals surface area contributed by atoms with Gasteiger partial charge in [-0.15, -0.1) is 5.10 Å². The second-order valence-electron chi connectivity index (χ2n) is 7.96. The molecule has 4 aromatic rings. The Morgan fingerprint density at radius 1 is 1.20 bits per heavy atom. The smallest absolute Gasteiger partial charge is 0.418 e. The first kappa shape index (κ1) is 22.8. The fourth-order valence-electron chi connectivity index (χ4n) is 4.17. The number of alkyl halides is 3. The third kappa shape index (κ3) is 3.99. The second-order valence-corrected chi connectivity index (χ2v) is 8.33. The monoisotopic (exact) mass is 502 g/mol. The molecule has 180 valence electrons. The number of hydrogen-bond acceptors (Lipinski definition) is 9. The van der Waals surface area contributed by atoms with Crippen molar-refractivity contribution < 1.29 is 17.9 Å². The normalized spacial score (nSPS) is 13.6. The zero-order chi connectivity index (χ0) is 24.9. The quantitative estimate of drug-likeness (QED) is 0.426. The zero-order valence-electron chi connectivity index (χ0n) is 18.3. The average Bonchev–Trinajstić information content (AvgIpc) is 2.97. The van der Waals surface area contributed by atoms with E-state index in [1.165, 1.54) is 31.6 Å². The van der Waals surface area contributed by atoms with Crippen molar-refractivity contribution in [2.45, 2.75) is 19.6 Å². The number of nitrogen functional groups attached to an aromatic ring is 2. The number of hydrogen-bond donors (Lipinski definition) is 2. The highest BCUT2D eigenvalue weighted by atomic mass is 35.5. The third-order valence-corrected chi connectivity index (χ3v) is 6.06. The van der Waals surface area contributed by atoms with Crippen molar-refractivity contribution in [2.75, 3.05) is 29.5 Å². The van der Waals surface area contributed by atoms with E-state index >= 15 is 0 Å². The van der Waals surface area contributed by atoms with Crippen molar-refractivity contribution in [3.8, 4) is 17.0 Å². The van der Waals surface area contributed by atoms with Crippen molar-refractivity contribution in [1.29, 1.82) is 0 Å². The van der Waals surface area contributed by atoms with E-state index in [0.29, 0.717) is 29.8 Å².